The second-order valence-corrected chi connectivity index (χ2v) is 9.77. The maximum atomic E-state index is 6.37. The summed E-state index contributed by atoms with van der Waals surface area (Å²) in [4.78, 5) is 0. The first kappa shape index (κ1) is 24.4. The van der Waals surface area contributed by atoms with Crippen LogP contribution >= 0.6 is 0 Å². The van der Waals surface area contributed by atoms with Gasteiger partial charge in [0.1, 0.15) is 17.9 Å². The smallest absolute Gasteiger partial charge is 0.190 e. The fraction of sp³-hybridized carbons (Fsp3) is 0.556. The average Bonchev–Trinajstić information content (AvgIpc) is 2.71. The largest absolute Gasteiger partial charge is 0.491 e. The lowest BCUT2D eigenvalue weighted by Crippen LogP contribution is -2.63. The molecule has 0 saturated heterocycles. The monoisotopic (exact) mass is 412 g/mol. The molecule has 2 aromatic rings. The van der Waals surface area contributed by atoms with Crippen molar-refractivity contribution in [1.29, 1.82) is 0 Å². The maximum absolute atomic E-state index is 6.37. The lowest BCUT2D eigenvalue weighted by atomic mass is 9.74. The Hall–Kier alpha value is -1.84. The number of ether oxygens (including phenoxy) is 2. The van der Waals surface area contributed by atoms with Gasteiger partial charge in [-0.3, -0.25) is 4.48 Å². The Bertz CT molecular complexity index is 715. The zero-order valence-corrected chi connectivity index (χ0v) is 20.1. The van der Waals surface area contributed by atoms with Gasteiger partial charge < -0.3 is 9.47 Å². The number of benzene rings is 2. The predicted octanol–water partition coefficient (Wildman–Crippen LogP) is 6.49. The number of nitrogens with zero attached hydrogens (tertiary/aromatic N) is 1. The first-order chi connectivity index (χ1) is 14.2. The van der Waals surface area contributed by atoms with Crippen LogP contribution in [-0.2, 0) is 10.3 Å². The van der Waals surface area contributed by atoms with Crippen LogP contribution in [0.15, 0.2) is 60.7 Å². The van der Waals surface area contributed by atoms with Gasteiger partial charge in [-0.25, -0.2) is 0 Å². The summed E-state index contributed by atoms with van der Waals surface area (Å²) < 4.78 is 13.0. The van der Waals surface area contributed by atoms with Crippen LogP contribution in [0, 0.1) is 11.8 Å². The van der Waals surface area contributed by atoms with Crippen LogP contribution < -0.4 is 4.74 Å². The van der Waals surface area contributed by atoms with Crippen LogP contribution in [0.4, 0.5) is 0 Å². The minimum absolute atomic E-state index is 0.0106. The molecule has 3 nitrogen and oxygen atoms in total. The van der Waals surface area contributed by atoms with E-state index in [1.807, 2.05) is 30.3 Å². The van der Waals surface area contributed by atoms with E-state index < -0.39 is 0 Å². The van der Waals surface area contributed by atoms with Crippen molar-refractivity contribution < 1.29 is 14.0 Å². The van der Waals surface area contributed by atoms with Crippen molar-refractivity contribution in [3.8, 4) is 5.75 Å². The Morgan fingerprint density at radius 2 is 1.23 bits per heavy atom. The highest BCUT2D eigenvalue weighted by molar-refractivity contribution is 5.23. The zero-order valence-electron chi connectivity index (χ0n) is 20.1. The summed E-state index contributed by atoms with van der Waals surface area (Å²) in [7, 11) is 4.67. The molecule has 0 aliphatic heterocycles. The van der Waals surface area contributed by atoms with Crippen molar-refractivity contribution in [2.75, 3.05) is 27.3 Å². The molecule has 0 aromatic heterocycles. The van der Waals surface area contributed by atoms with Gasteiger partial charge in [-0.05, 0) is 24.0 Å². The SMILES string of the molecule is CC(C)CC(CC(C)C)(c1ccccc1)[N+](C)(C)C(C)OCCOc1ccccc1. The molecule has 0 aliphatic rings. The first-order valence-corrected chi connectivity index (χ1v) is 11.4. The quantitative estimate of drug-likeness (QED) is 0.225. The molecule has 0 aliphatic carbocycles. The van der Waals surface area contributed by atoms with E-state index in [2.05, 4.69) is 79.0 Å². The fourth-order valence-corrected chi connectivity index (χ4v) is 4.65. The van der Waals surface area contributed by atoms with E-state index in [0.717, 1.165) is 23.1 Å². The number of rotatable bonds is 12. The standard InChI is InChI=1S/C27H42NO2/c1-22(2)20-27(21-23(3)4,25-14-10-8-11-15-25)28(6,7)24(5)29-18-19-30-26-16-12-9-13-17-26/h8-17,22-24H,18-21H2,1-7H3/q+1. The molecule has 0 N–H and O–H groups in total. The minimum Gasteiger partial charge on any atom is -0.491 e. The minimum atomic E-state index is -0.0106. The fourth-order valence-electron chi connectivity index (χ4n) is 4.65. The molecule has 1 atom stereocenters. The third kappa shape index (κ3) is 6.09. The molecule has 0 fully saturated rings. The van der Waals surface area contributed by atoms with Crippen LogP contribution in [0.2, 0.25) is 0 Å². The van der Waals surface area contributed by atoms with Gasteiger partial charge >= 0.3 is 0 Å². The molecule has 1 unspecified atom stereocenters. The van der Waals surface area contributed by atoms with E-state index in [9.17, 15) is 0 Å². The van der Waals surface area contributed by atoms with E-state index >= 15 is 0 Å². The van der Waals surface area contributed by atoms with Crippen LogP contribution in [-0.4, -0.2) is 38.0 Å². The van der Waals surface area contributed by atoms with Crippen molar-refractivity contribution in [3.63, 3.8) is 0 Å². The summed E-state index contributed by atoms with van der Waals surface area (Å²) in [6, 6.07) is 21.0. The van der Waals surface area contributed by atoms with E-state index in [1.165, 1.54) is 5.56 Å². The molecule has 30 heavy (non-hydrogen) atoms. The third-order valence-electron chi connectivity index (χ3n) is 6.27. The summed E-state index contributed by atoms with van der Waals surface area (Å²) in [5.41, 5.74) is 1.40. The lowest BCUT2D eigenvalue weighted by molar-refractivity contribution is -0.991. The van der Waals surface area contributed by atoms with Crippen LogP contribution in [0.1, 0.15) is 53.0 Å². The molecular formula is C27H42NO2+. The Kier molecular flexibility index (Phi) is 8.93. The highest BCUT2D eigenvalue weighted by Gasteiger charge is 2.50. The Morgan fingerprint density at radius 3 is 1.73 bits per heavy atom. The molecule has 0 bridgehead atoms. The summed E-state index contributed by atoms with van der Waals surface area (Å²) in [6.45, 7) is 12.7. The third-order valence-corrected chi connectivity index (χ3v) is 6.27. The lowest BCUT2D eigenvalue weighted by Gasteiger charge is -2.53. The van der Waals surface area contributed by atoms with Gasteiger partial charge in [-0.1, -0.05) is 76.2 Å². The van der Waals surface area contributed by atoms with Crippen molar-refractivity contribution >= 4 is 0 Å². The van der Waals surface area contributed by atoms with Gasteiger partial charge in [0.2, 0.25) is 0 Å². The molecule has 0 radical (unpaired) electrons. The predicted molar refractivity (Wildman–Crippen MR) is 126 cm³/mol. The van der Waals surface area contributed by atoms with Crippen LogP contribution in [0.25, 0.3) is 0 Å². The number of quaternary nitrogens is 1. The molecule has 0 amide bonds. The number of para-hydroxylation sites is 1. The molecule has 2 aromatic carbocycles. The Labute approximate surface area is 184 Å². The second kappa shape index (κ2) is 11.0. The normalized spacial score (nSPS) is 13.6. The molecule has 3 heteroatoms. The Balaban J connectivity index is 2.21. The molecule has 0 spiro atoms. The molecular weight excluding hydrogens is 370 g/mol. The van der Waals surface area contributed by atoms with E-state index in [4.69, 9.17) is 9.47 Å². The summed E-state index contributed by atoms with van der Waals surface area (Å²) in [5, 5.41) is 0. The highest BCUT2D eigenvalue weighted by Crippen LogP contribution is 2.45. The average molecular weight is 413 g/mol. The molecule has 0 saturated carbocycles. The number of hydrogen-bond donors (Lipinski definition) is 0. The maximum Gasteiger partial charge on any atom is 0.190 e. The van der Waals surface area contributed by atoms with Crippen molar-refractivity contribution in [2.24, 2.45) is 11.8 Å². The second-order valence-electron chi connectivity index (χ2n) is 9.77. The van der Waals surface area contributed by atoms with Crippen LogP contribution in [0.3, 0.4) is 0 Å². The van der Waals surface area contributed by atoms with E-state index in [0.29, 0.717) is 25.0 Å². The van der Waals surface area contributed by atoms with Gasteiger partial charge in [0.25, 0.3) is 0 Å². The first-order valence-electron chi connectivity index (χ1n) is 11.4. The van der Waals surface area contributed by atoms with Crippen molar-refractivity contribution in [2.45, 2.75) is 59.2 Å². The van der Waals surface area contributed by atoms with Gasteiger partial charge in [0.15, 0.2) is 6.23 Å². The Morgan fingerprint density at radius 1 is 0.733 bits per heavy atom. The summed E-state index contributed by atoms with van der Waals surface area (Å²) >= 11 is 0. The van der Waals surface area contributed by atoms with Crippen molar-refractivity contribution in [1.82, 2.24) is 0 Å². The zero-order chi connectivity index (χ0) is 22.2. The van der Waals surface area contributed by atoms with E-state index in [1.54, 1.807) is 0 Å². The van der Waals surface area contributed by atoms with Crippen molar-refractivity contribution in [3.05, 3.63) is 66.2 Å². The topological polar surface area (TPSA) is 18.5 Å². The van der Waals surface area contributed by atoms with Crippen LogP contribution in [0.5, 0.6) is 5.75 Å². The van der Waals surface area contributed by atoms with E-state index in [-0.39, 0.29) is 11.8 Å². The summed E-state index contributed by atoms with van der Waals surface area (Å²) in [6.07, 6.45) is 2.29. The van der Waals surface area contributed by atoms with Gasteiger partial charge in [0.05, 0.1) is 20.7 Å². The van der Waals surface area contributed by atoms with Gasteiger partial charge in [0, 0.05) is 25.3 Å². The number of hydrogen-bond acceptors (Lipinski definition) is 2. The summed E-state index contributed by atoms with van der Waals surface area (Å²) in [5.74, 6) is 2.07. The molecule has 0 heterocycles. The molecule has 166 valence electrons. The van der Waals surface area contributed by atoms with Gasteiger partial charge in [-0.15, -0.1) is 0 Å². The van der Waals surface area contributed by atoms with Gasteiger partial charge in [-0.2, -0.15) is 0 Å². The highest BCUT2D eigenvalue weighted by atomic mass is 16.5. The molecule has 2 rings (SSSR count).